The van der Waals surface area contributed by atoms with Crippen molar-refractivity contribution in [2.45, 2.75) is 4.90 Å². The highest BCUT2D eigenvalue weighted by Gasteiger charge is 2.13. The fraction of sp³-hybridized carbons (Fsp3) is 0. The van der Waals surface area contributed by atoms with Crippen LogP contribution in [0.2, 0.25) is 0 Å². The van der Waals surface area contributed by atoms with E-state index >= 15 is 0 Å². The second-order valence-electron chi connectivity index (χ2n) is 5.25. The molecule has 1 atom stereocenters. The SMILES string of the molecule is O=S(=O)(N/N=C\c1cccc2ccccc12)c1ccc([NH+]([O-])O)cc1. The summed E-state index contributed by atoms with van der Waals surface area (Å²) in [6, 6.07) is 18.3. The lowest BCUT2D eigenvalue weighted by atomic mass is 10.1. The average Bonchev–Trinajstić information content (AvgIpc) is 2.62. The molecule has 7 nitrogen and oxygen atoms in total. The minimum atomic E-state index is -3.87. The Kier molecular flexibility index (Phi) is 4.77. The Balaban J connectivity index is 1.80. The predicted molar refractivity (Wildman–Crippen MR) is 94.1 cm³/mol. The third-order valence-electron chi connectivity index (χ3n) is 3.61. The maximum atomic E-state index is 12.2. The Morgan fingerprint density at radius 1 is 1.00 bits per heavy atom. The van der Waals surface area contributed by atoms with Gasteiger partial charge in [0.25, 0.3) is 10.0 Å². The highest BCUT2D eigenvalue weighted by atomic mass is 32.2. The van der Waals surface area contributed by atoms with Gasteiger partial charge in [0.2, 0.25) is 0 Å². The van der Waals surface area contributed by atoms with E-state index < -0.39 is 15.2 Å². The first-order chi connectivity index (χ1) is 12.0. The zero-order valence-corrected chi connectivity index (χ0v) is 13.8. The minimum absolute atomic E-state index is 0.0122. The molecule has 25 heavy (non-hydrogen) atoms. The van der Waals surface area contributed by atoms with Crippen molar-refractivity contribution in [3.8, 4) is 0 Å². The van der Waals surface area contributed by atoms with E-state index in [2.05, 4.69) is 9.93 Å². The van der Waals surface area contributed by atoms with Gasteiger partial charge in [0, 0.05) is 17.7 Å². The van der Waals surface area contributed by atoms with Gasteiger partial charge in [-0.2, -0.15) is 18.7 Å². The summed E-state index contributed by atoms with van der Waals surface area (Å²) in [5.74, 6) is 0. The van der Waals surface area contributed by atoms with Crippen molar-refractivity contribution in [1.82, 2.24) is 4.83 Å². The molecule has 8 heteroatoms. The summed E-state index contributed by atoms with van der Waals surface area (Å²) >= 11 is 0. The highest BCUT2D eigenvalue weighted by Crippen LogP contribution is 2.17. The van der Waals surface area contributed by atoms with Gasteiger partial charge in [0.05, 0.1) is 11.1 Å². The van der Waals surface area contributed by atoms with E-state index in [9.17, 15) is 13.6 Å². The van der Waals surface area contributed by atoms with Crippen LogP contribution in [0.1, 0.15) is 5.56 Å². The summed E-state index contributed by atoms with van der Waals surface area (Å²) in [6.45, 7) is 0. The van der Waals surface area contributed by atoms with E-state index in [0.717, 1.165) is 16.3 Å². The molecule has 3 rings (SSSR count). The van der Waals surface area contributed by atoms with Gasteiger partial charge in [-0.15, -0.1) is 0 Å². The Morgan fingerprint density at radius 2 is 1.68 bits per heavy atom. The van der Waals surface area contributed by atoms with E-state index in [-0.39, 0.29) is 10.6 Å². The second kappa shape index (κ2) is 6.99. The summed E-state index contributed by atoms with van der Waals surface area (Å²) in [6.07, 6.45) is 1.44. The molecule has 0 aliphatic carbocycles. The maximum Gasteiger partial charge on any atom is 0.276 e. The van der Waals surface area contributed by atoms with Crippen LogP contribution >= 0.6 is 0 Å². The number of nitrogens with zero attached hydrogens (tertiary/aromatic N) is 1. The highest BCUT2D eigenvalue weighted by molar-refractivity contribution is 7.89. The molecule has 0 saturated carbocycles. The molecular formula is C17H15N3O4S. The van der Waals surface area contributed by atoms with E-state index in [1.165, 1.54) is 30.5 Å². The van der Waals surface area contributed by atoms with E-state index in [1.807, 2.05) is 42.5 Å². The second-order valence-corrected chi connectivity index (χ2v) is 6.91. The van der Waals surface area contributed by atoms with Crippen LogP contribution in [0.3, 0.4) is 0 Å². The van der Waals surface area contributed by atoms with Crippen LogP contribution in [-0.2, 0) is 10.0 Å². The van der Waals surface area contributed by atoms with Crippen LogP contribution in [0.4, 0.5) is 5.69 Å². The molecule has 0 heterocycles. The topological polar surface area (TPSA) is 106 Å². The third-order valence-corrected chi connectivity index (χ3v) is 4.85. The number of quaternary nitrogens is 1. The molecular weight excluding hydrogens is 342 g/mol. The molecule has 0 bridgehead atoms. The van der Waals surface area contributed by atoms with E-state index in [4.69, 9.17) is 5.21 Å². The lowest BCUT2D eigenvalue weighted by molar-refractivity contribution is -0.991. The molecule has 1 unspecified atom stereocenters. The van der Waals surface area contributed by atoms with Gasteiger partial charge >= 0.3 is 0 Å². The van der Waals surface area contributed by atoms with Crippen molar-refractivity contribution >= 4 is 32.7 Å². The van der Waals surface area contributed by atoms with E-state index in [1.54, 1.807) is 0 Å². The zero-order valence-electron chi connectivity index (χ0n) is 13.0. The number of hydrogen-bond acceptors (Lipinski definition) is 5. The van der Waals surface area contributed by atoms with Crippen LogP contribution in [0.15, 0.2) is 76.7 Å². The Morgan fingerprint density at radius 3 is 2.40 bits per heavy atom. The molecule has 3 aromatic rings. The molecule has 0 radical (unpaired) electrons. The molecule has 0 amide bonds. The fourth-order valence-corrected chi connectivity index (χ4v) is 3.15. The quantitative estimate of drug-likeness (QED) is 0.476. The maximum absolute atomic E-state index is 12.2. The Bertz CT molecular complexity index is 1010. The van der Waals surface area contributed by atoms with Gasteiger partial charge in [0.15, 0.2) is 5.69 Å². The predicted octanol–water partition coefficient (Wildman–Crippen LogP) is 1.56. The largest absolute Gasteiger partial charge is 0.595 e. The number of hydrogen-bond donors (Lipinski definition) is 3. The summed E-state index contributed by atoms with van der Waals surface area (Å²) in [5, 5.41) is 24.3. The van der Waals surface area contributed by atoms with Gasteiger partial charge in [-0.3, -0.25) is 0 Å². The van der Waals surface area contributed by atoms with Gasteiger partial charge in [-0.1, -0.05) is 42.5 Å². The van der Waals surface area contributed by atoms with Gasteiger partial charge in [-0.25, -0.2) is 10.0 Å². The third kappa shape index (κ3) is 3.83. The molecule has 3 N–H and O–H groups in total. The number of benzene rings is 3. The lowest BCUT2D eigenvalue weighted by Crippen LogP contribution is -2.99. The summed E-state index contributed by atoms with van der Waals surface area (Å²) in [5.41, 5.74) is 0.792. The van der Waals surface area contributed by atoms with Gasteiger partial charge < -0.3 is 5.21 Å². The lowest BCUT2D eigenvalue weighted by Gasteiger charge is -2.11. The average molecular weight is 357 g/mol. The van der Waals surface area contributed by atoms with Gasteiger partial charge in [-0.05, 0) is 22.9 Å². The molecule has 128 valence electrons. The van der Waals surface area contributed by atoms with Crippen molar-refractivity contribution in [2.75, 3.05) is 0 Å². The van der Waals surface area contributed by atoms with Gasteiger partial charge in [0.1, 0.15) is 0 Å². The summed E-state index contributed by atoms with van der Waals surface area (Å²) < 4.78 is 24.4. The summed E-state index contributed by atoms with van der Waals surface area (Å²) in [7, 11) is -3.87. The number of rotatable bonds is 5. The number of hydrazone groups is 1. The van der Waals surface area contributed by atoms with Crippen LogP contribution in [0.5, 0.6) is 0 Å². The van der Waals surface area contributed by atoms with Crippen LogP contribution in [0, 0.1) is 5.21 Å². The molecule has 3 aromatic carbocycles. The van der Waals surface area contributed by atoms with Crippen molar-refractivity contribution in [3.63, 3.8) is 0 Å². The molecule has 0 saturated heterocycles. The number of nitrogens with one attached hydrogen (secondary N) is 2. The standard InChI is InChI=1S/C17H15N3O4S/c21-20(22)15-8-10-16(11-9-15)25(23,24)19-18-12-14-6-3-5-13-4-1-2-7-17(13)14/h1-12,19-21H/b18-12-. The first kappa shape index (κ1) is 17.1. The first-order valence-electron chi connectivity index (χ1n) is 7.33. The van der Waals surface area contributed by atoms with Crippen molar-refractivity contribution in [3.05, 3.63) is 77.5 Å². The number of sulfonamides is 1. The molecule has 0 fully saturated rings. The summed E-state index contributed by atoms with van der Waals surface area (Å²) in [4.78, 5) is 2.07. The van der Waals surface area contributed by atoms with E-state index in [0.29, 0.717) is 0 Å². The smallest absolute Gasteiger partial charge is 0.276 e. The monoisotopic (exact) mass is 357 g/mol. The van der Waals surface area contributed by atoms with Crippen LogP contribution < -0.4 is 10.1 Å². The molecule has 0 aliphatic heterocycles. The number of fused-ring (bicyclic) bond motifs is 1. The van der Waals surface area contributed by atoms with Crippen LogP contribution in [-0.4, -0.2) is 19.8 Å². The molecule has 0 spiro atoms. The zero-order chi connectivity index (χ0) is 17.9. The Hall–Kier alpha value is -2.78. The normalized spacial score (nSPS) is 13.2. The van der Waals surface area contributed by atoms with Crippen molar-refractivity contribution in [2.24, 2.45) is 5.10 Å². The van der Waals surface area contributed by atoms with Crippen molar-refractivity contribution in [1.29, 1.82) is 0 Å². The Labute approximate surface area is 144 Å². The molecule has 0 aromatic heterocycles. The first-order valence-corrected chi connectivity index (χ1v) is 8.82. The molecule has 0 aliphatic rings. The minimum Gasteiger partial charge on any atom is -0.595 e. The van der Waals surface area contributed by atoms with Crippen LogP contribution in [0.25, 0.3) is 10.8 Å². The fourth-order valence-electron chi connectivity index (χ4n) is 2.36. The van der Waals surface area contributed by atoms with Crippen molar-refractivity contribution < 1.29 is 18.9 Å².